The van der Waals surface area contributed by atoms with Crippen molar-refractivity contribution < 1.29 is 14.2 Å². The number of aromatic nitrogens is 2. The van der Waals surface area contributed by atoms with Crippen LogP contribution in [-0.4, -0.2) is 35.9 Å². The summed E-state index contributed by atoms with van der Waals surface area (Å²) in [5, 5.41) is 0.712. The largest absolute Gasteiger partial charge is 0.492 e. The Bertz CT molecular complexity index is 743. The topological polar surface area (TPSA) is 106 Å². The van der Waals surface area contributed by atoms with Gasteiger partial charge in [0, 0.05) is 24.0 Å². The molecule has 7 nitrogen and oxygen atoms in total. The Labute approximate surface area is 127 Å². The average Bonchev–Trinajstić information content (AvgIpc) is 3.08. The van der Waals surface area contributed by atoms with Gasteiger partial charge in [0.05, 0.1) is 30.7 Å². The maximum absolute atomic E-state index is 6.13. The summed E-state index contributed by atoms with van der Waals surface area (Å²) in [5.74, 6) is 2.21. The van der Waals surface area contributed by atoms with Gasteiger partial charge in [-0.2, -0.15) is 4.98 Å². The minimum Gasteiger partial charge on any atom is -0.492 e. The standard InChI is InChI=1S/C15H18N4O3/c1-7-5-21-13-11(7)10(22-8-2-3-20-6-8)4-9-12(13)14(16)19-15(17)18-9/h4,7-8H,2-3,5-6H2,1H3,(H4,16,17,18,19)/t7?,8-/m1/s1. The van der Waals surface area contributed by atoms with Crippen molar-refractivity contribution in [2.75, 3.05) is 31.3 Å². The molecular weight excluding hydrogens is 284 g/mol. The van der Waals surface area contributed by atoms with Gasteiger partial charge in [-0.15, -0.1) is 0 Å². The number of ether oxygens (including phenoxy) is 3. The highest BCUT2D eigenvalue weighted by Crippen LogP contribution is 2.47. The highest BCUT2D eigenvalue weighted by molar-refractivity contribution is 5.97. The maximum Gasteiger partial charge on any atom is 0.222 e. The fourth-order valence-corrected chi connectivity index (χ4v) is 3.09. The van der Waals surface area contributed by atoms with Crippen molar-refractivity contribution in [3.63, 3.8) is 0 Å². The van der Waals surface area contributed by atoms with Crippen LogP contribution in [-0.2, 0) is 4.74 Å². The molecule has 4 N–H and O–H groups in total. The molecule has 7 heteroatoms. The fraction of sp³-hybridized carbons (Fsp3) is 0.467. The molecule has 0 radical (unpaired) electrons. The Morgan fingerprint density at radius 3 is 2.91 bits per heavy atom. The molecule has 0 spiro atoms. The van der Waals surface area contributed by atoms with Crippen LogP contribution in [0.15, 0.2) is 6.07 Å². The molecule has 2 aromatic rings. The molecule has 116 valence electrons. The van der Waals surface area contributed by atoms with Crippen LogP contribution in [0.25, 0.3) is 10.9 Å². The van der Waals surface area contributed by atoms with E-state index in [0.717, 1.165) is 30.1 Å². The second-order valence-corrected chi connectivity index (χ2v) is 5.79. The molecule has 1 fully saturated rings. The van der Waals surface area contributed by atoms with E-state index in [1.165, 1.54) is 0 Å². The lowest BCUT2D eigenvalue weighted by Gasteiger charge is -2.17. The van der Waals surface area contributed by atoms with Gasteiger partial charge in [-0.25, -0.2) is 4.98 Å². The van der Waals surface area contributed by atoms with Crippen LogP contribution < -0.4 is 20.9 Å². The zero-order valence-corrected chi connectivity index (χ0v) is 12.3. The van der Waals surface area contributed by atoms with Crippen molar-refractivity contribution in [3.05, 3.63) is 11.6 Å². The van der Waals surface area contributed by atoms with E-state index in [9.17, 15) is 0 Å². The lowest BCUT2D eigenvalue weighted by Crippen LogP contribution is -2.17. The summed E-state index contributed by atoms with van der Waals surface area (Å²) in [6.45, 7) is 4.03. The van der Waals surface area contributed by atoms with Gasteiger partial charge in [0.15, 0.2) is 0 Å². The average molecular weight is 302 g/mol. The molecule has 1 unspecified atom stereocenters. The summed E-state index contributed by atoms with van der Waals surface area (Å²) in [7, 11) is 0. The molecule has 2 aliphatic rings. The molecule has 2 aliphatic heterocycles. The Kier molecular flexibility index (Phi) is 2.97. The number of nitrogen functional groups attached to an aromatic ring is 2. The number of nitrogens with two attached hydrogens (primary N) is 2. The predicted molar refractivity (Wildman–Crippen MR) is 82.1 cm³/mol. The van der Waals surface area contributed by atoms with Gasteiger partial charge in [0.1, 0.15) is 23.4 Å². The highest BCUT2D eigenvalue weighted by Gasteiger charge is 2.31. The molecule has 2 atom stereocenters. The molecular formula is C15H18N4O3. The molecule has 22 heavy (non-hydrogen) atoms. The molecule has 0 saturated carbocycles. The summed E-state index contributed by atoms with van der Waals surface area (Å²) in [5.41, 5.74) is 13.4. The summed E-state index contributed by atoms with van der Waals surface area (Å²) in [6, 6.07) is 1.88. The number of fused-ring (bicyclic) bond motifs is 3. The number of hydrogen-bond acceptors (Lipinski definition) is 7. The summed E-state index contributed by atoms with van der Waals surface area (Å²) >= 11 is 0. The van der Waals surface area contributed by atoms with Gasteiger partial charge >= 0.3 is 0 Å². The van der Waals surface area contributed by atoms with E-state index in [2.05, 4.69) is 16.9 Å². The minimum atomic E-state index is 0.0610. The van der Waals surface area contributed by atoms with Crippen molar-refractivity contribution in [1.29, 1.82) is 0 Å². The monoisotopic (exact) mass is 302 g/mol. The van der Waals surface area contributed by atoms with Gasteiger partial charge in [0.25, 0.3) is 0 Å². The third-order valence-electron chi connectivity index (χ3n) is 4.14. The van der Waals surface area contributed by atoms with E-state index in [0.29, 0.717) is 29.9 Å². The van der Waals surface area contributed by atoms with E-state index < -0.39 is 0 Å². The van der Waals surface area contributed by atoms with Crippen LogP contribution >= 0.6 is 0 Å². The Balaban J connectivity index is 1.90. The summed E-state index contributed by atoms with van der Waals surface area (Å²) in [6.07, 6.45) is 0.946. The molecule has 0 aliphatic carbocycles. The first-order valence-corrected chi connectivity index (χ1v) is 7.40. The first-order chi connectivity index (χ1) is 10.6. The van der Waals surface area contributed by atoms with E-state index in [-0.39, 0.29) is 18.0 Å². The molecule has 4 rings (SSSR count). The van der Waals surface area contributed by atoms with Gasteiger partial charge in [-0.3, -0.25) is 0 Å². The molecule has 3 heterocycles. The van der Waals surface area contributed by atoms with Gasteiger partial charge in [-0.1, -0.05) is 6.92 Å². The molecule has 0 bridgehead atoms. The highest BCUT2D eigenvalue weighted by atomic mass is 16.5. The number of anilines is 2. The van der Waals surface area contributed by atoms with E-state index in [4.69, 9.17) is 25.7 Å². The van der Waals surface area contributed by atoms with E-state index >= 15 is 0 Å². The van der Waals surface area contributed by atoms with Crippen molar-refractivity contribution >= 4 is 22.7 Å². The van der Waals surface area contributed by atoms with Crippen LogP contribution in [0, 0.1) is 0 Å². The SMILES string of the molecule is CC1COc2c1c(O[C@@H]1CCOC1)cc1nc(N)nc(N)c21. The summed E-state index contributed by atoms with van der Waals surface area (Å²) in [4.78, 5) is 8.31. The van der Waals surface area contributed by atoms with Crippen LogP contribution in [0.1, 0.15) is 24.8 Å². The fourth-order valence-electron chi connectivity index (χ4n) is 3.09. The second-order valence-electron chi connectivity index (χ2n) is 5.79. The second kappa shape index (κ2) is 4.88. The molecule has 0 amide bonds. The Hall–Kier alpha value is -2.28. The van der Waals surface area contributed by atoms with Crippen LogP contribution in [0.3, 0.4) is 0 Å². The Morgan fingerprint density at radius 1 is 1.27 bits per heavy atom. The molecule has 1 aromatic carbocycles. The lowest BCUT2D eigenvalue weighted by atomic mass is 9.99. The van der Waals surface area contributed by atoms with E-state index in [1.807, 2.05) is 6.07 Å². The van der Waals surface area contributed by atoms with Crippen molar-refractivity contribution in [3.8, 4) is 11.5 Å². The van der Waals surface area contributed by atoms with Crippen LogP contribution in [0.2, 0.25) is 0 Å². The van der Waals surface area contributed by atoms with Gasteiger partial charge in [-0.05, 0) is 0 Å². The number of rotatable bonds is 2. The third-order valence-corrected chi connectivity index (χ3v) is 4.14. The third kappa shape index (κ3) is 2.00. The lowest BCUT2D eigenvalue weighted by molar-refractivity contribution is 0.140. The first-order valence-electron chi connectivity index (χ1n) is 7.40. The van der Waals surface area contributed by atoms with Gasteiger partial charge < -0.3 is 25.7 Å². The zero-order chi connectivity index (χ0) is 15.3. The molecule has 1 aromatic heterocycles. The summed E-state index contributed by atoms with van der Waals surface area (Å²) < 4.78 is 17.3. The predicted octanol–water partition coefficient (Wildman–Crippen LogP) is 1.46. The van der Waals surface area contributed by atoms with Crippen molar-refractivity contribution in [2.24, 2.45) is 0 Å². The quantitative estimate of drug-likeness (QED) is 0.865. The van der Waals surface area contributed by atoms with Gasteiger partial charge in [0.2, 0.25) is 5.95 Å². The number of benzene rings is 1. The number of nitrogens with zero attached hydrogens (tertiary/aromatic N) is 2. The van der Waals surface area contributed by atoms with E-state index in [1.54, 1.807) is 0 Å². The van der Waals surface area contributed by atoms with Crippen molar-refractivity contribution in [1.82, 2.24) is 9.97 Å². The first kappa shape index (κ1) is 13.4. The van der Waals surface area contributed by atoms with Crippen LogP contribution in [0.5, 0.6) is 11.5 Å². The van der Waals surface area contributed by atoms with Crippen molar-refractivity contribution in [2.45, 2.75) is 25.4 Å². The normalized spacial score (nSPS) is 23.5. The maximum atomic E-state index is 6.13. The Morgan fingerprint density at radius 2 is 2.14 bits per heavy atom. The van der Waals surface area contributed by atoms with Crippen LogP contribution in [0.4, 0.5) is 11.8 Å². The minimum absolute atomic E-state index is 0.0610. The smallest absolute Gasteiger partial charge is 0.222 e. The number of hydrogen-bond donors (Lipinski definition) is 2. The molecule has 1 saturated heterocycles. The zero-order valence-electron chi connectivity index (χ0n) is 12.3.